The van der Waals surface area contributed by atoms with E-state index in [0.29, 0.717) is 12.2 Å². The van der Waals surface area contributed by atoms with Crippen LogP contribution in [0.2, 0.25) is 0 Å². The summed E-state index contributed by atoms with van der Waals surface area (Å²) in [5.74, 6) is -0.693. The molecule has 4 nitrogen and oxygen atoms in total. The Bertz CT molecular complexity index is 437. The van der Waals surface area contributed by atoms with Gasteiger partial charge in [0.2, 0.25) is 0 Å². The van der Waals surface area contributed by atoms with Crippen molar-refractivity contribution in [3.63, 3.8) is 0 Å². The first-order valence-corrected chi connectivity index (χ1v) is 5.23. The number of aliphatic carboxylic acids is 1. The zero-order valence-electron chi connectivity index (χ0n) is 9.93. The number of rotatable bonds is 5. The number of carboxylic acid groups (broad SMARTS) is 1. The number of ether oxygens (including phenoxy) is 1. The first-order chi connectivity index (χ1) is 7.95. The standard InChI is InChI=1S/C13H16O4/c1-8(9(2)13(15)16)6-10-4-5-11(14)12(7-10)17-3/h4-5,7-8,14H,2,6H2,1,3H3,(H,15,16). The van der Waals surface area contributed by atoms with Gasteiger partial charge in [0.1, 0.15) is 0 Å². The fourth-order valence-corrected chi connectivity index (χ4v) is 1.54. The number of carboxylic acids is 1. The number of hydrogen-bond acceptors (Lipinski definition) is 3. The Morgan fingerprint density at radius 2 is 2.18 bits per heavy atom. The lowest BCUT2D eigenvalue weighted by Crippen LogP contribution is -2.11. The number of aromatic hydroxyl groups is 1. The van der Waals surface area contributed by atoms with Crippen LogP contribution in [0.1, 0.15) is 12.5 Å². The molecule has 0 bridgehead atoms. The summed E-state index contributed by atoms with van der Waals surface area (Å²) < 4.78 is 4.99. The SMILES string of the molecule is C=C(C(=O)O)C(C)Cc1ccc(O)c(OC)c1. The van der Waals surface area contributed by atoms with Crippen molar-refractivity contribution >= 4 is 5.97 Å². The van der Waals surface area contributed by atoms with Crippen molar-refractivity contribution in [2.75, 3.05) is 7.11 Å². The number of methoxy groups -OCH3 is 1. The van der Waals surface area contributed by atoms with Crippen LogP contribution >= 0.6 is 0 Å². The van der Waals surface area contributed by atoms with Gasteiger partial charge in [0.05, 0.1) is 7.11 Å². The topological polar surface area (TPSA) is 66.8 Å². The molecule has 2 N–H and O–H groups in total. The molecule has 0 saturated heterocycles. The lowest BCUT2D eigenvalue weighted by Gasteiger charge is -2.12. The van der Waals surface area contributed by atoms with E-state index in [2.05, 4.69) is 6.58 Å². The predicted octanol–water partition coefficient (Wildman–Crippen LogP) is 2.22. The molecule has 1 aromatic carbocycles. The minimum Gasteiger partial charge on any atom is -0.504 e. The zero-order chi connectivity index (χ0) is 13.0. The third-order valence-electron chi connectivity index (χ3n) is 2.66. The van der Waals surface area contributed by atoms with Crippen molar-refractivity contribution in [3.05, 3.63) is 35.9 Å². The summed E-state index contributed by atoms with van der Waals surface area (Å²) in [5, 5.41) is 18.2. The average molecular weight is 236 g/mol. The van der Waals surface area contributed by atoms with Crippen LogP contribution in [0.4, 0.5) is 0 Å². The highest BCUT2D eigenvalue weighted by Crippen LogP contribution is 2.28. The summed E-state index contributed by atoms with van der Waals surface area (Å²) in [4.78, 5) is 10.7. The van der Waals surface area contributed by atoms with Crippen molar-refractivity contribution < 1.29 is 19.7 Å². The van der Waals surface area contributed by atoms with E-state index >= 15 is 0 Å². The van der Waals surface area contributed by atoms with Crippen molar-refractivity contribution in [3.8, 4) is 11.5 Å². The van der Waals surface area contributed by atoms with Crippen LogP contribution in [0.3, 0.4) is 0 Å². The van der Waals surface area contributed by atoms with Gasteiger partial charge in [-0.1, -0.05) is 19.6 Å². The number of phenols is 1. The van der Waals surface area contributed by atoms with Crippen LogP contribution in [0.25, 0.3) is 0 Å². The third-order valence-corrected chi connectivity index (χ3v) is 2.66. The molecule has 0 aromatic heterocycles. The van der Waals surface area contributed by atoms with E-state index in [9.17, 15) is 9.90 Å². The Labute approximate surface area is 100 Å². The number of carbonyl (C=O) groups is 1. The first-order valence-electron chi connectivity index (χ1n) is 5.23. The van der Waals surface area contributed by atoms with Crippen molar-refractivity contribution in [2.24, 2.45) is 5.92 Å². The Hall–Kier alpha value is -1.97. The molecule has 0 fully saturated rings. The monoisotopic (exact) mass is 236 g/mol. The van der Waals surface area contributed by atoms with Crippen molar-refractivity contribution in [1.29, 1.82) is 0 Å². The van der Waals surface area contributed by atoms with Gasteiger partial charge in [-0.15, -0.1) is 0 Å². The van der Waals surface area contributed by atoms with E-state index in [1.165, 1.54) is 13.2 Å². The number of benzene rings is 1. The quantitative estimate of drug-likeness (QED) is 0.769. The van der Waals surface area contributed by atoms with Crippen LogP contribution in [0, 0.1) is 5.92 Å². The first kappa shape index (κ1) is 13.1. The maximum absolute atomic E-state index is 10.7. The second-order valence-electron chi connectivity index (χ2n) is 3.94. The van der Waals surface area contributed by atoms with Gasteiger partial charge in [0.25, 0.3) is 0 Å². The number of hydrogen-bond donors (Lipinski definition) is 2. The molecule has 1 unspecified atom stereocenters. The molecule has 0 aliphatic carbocycles. The largest absolute Gasteiger partial charge is 0.504 e. The highest BCUT2D eigenvalue weighted by Gasteiger charge is 2.14. The Kier molecular flexibility index (Phi) is 4.15. The van der Waals surface area contributed by atoms with Gasteiger partial charge in [-0.2, -0.15) is 0 Å². The van der Waals surface area contributed by atoms with Gasteiger partial charge in [0, 0.05) is 5.57 Å². The van der Waals surface area contributed by atoms with Crippen molar-refractivity contribution in [2.45, 2.75) is 13.3 Å². The maximum Gasteiger partial charge on any atom is 0.331 e. The molecule has 0 heterocycles. The second kappa shape index (κ2) is 5.39. The van der Waals surface area contributed by atoms with Crippen LogP contribution < -0.4 is 4.74 Å². The van der Waals surface area contributed by atoms with Gasteiger partial charge < -0.3 is 14.9 Å². The fraction of sp³-hybridized carbons (Fsp3) is 0.308. The molecule has 0 aliphatic rings. The number of phenolic OH excluding ortho intramolecular Hbond substituents is 1. The fourth-order valence-electron chi connectivity index (χ4n) is 1.54. The molecule has 0 spiro atoms. The summed E-state index contributed by atoms with van der Waals surface area (Å²) in [7, 11) is 1.47. The van der Waals surface area contributed by atoms with Gasteiger partial charge in [-0.25, -0.2) is 4.79 Å². The summed E-state index contributed by atoms with van der Waals surface area (Å²) in [5.41, 5.74) is 1.08. The molecule has 1 rings (SSSR count). The van der Waals surface area contributed by atoms with Crippen LogP contribution in [0.5, 0.6) is 11.5 Å². The minimum absolute atomic E-state index is 0.0703. The van der Waals surface area contributed by atoms with Crippen LogP contribution in [0.15, 0.2) is 30.4 Å². The maximum atomic E-state index is 10.7. The van der Waals surface area contributed by atoms with E-state index in [0.717, 1.165) is 5.56 Å². The molecular weight excluding hydrogens is 220 g/mol. The van der Waals surface area contributed by atoms with Gasteiger partial charge >= 0.3 is 5.97 Å². The van der Waals surface area contributed by atoms with E-state index in [4.69, 9.17) is 9.84 Å². The van der Waals surface area contributed by atoms with Crippen molar-refractivity contribution in [1.82, 2.24) is 0 Å². The zero-order valence-corrected chi connectivity index (χ0v) is 9.93. The molecular formula is C13H16O4. The minimum atomic E-state index is -0.983. The summed E-state index contributed by atoms with van der Waals surface area (Å²) in [6.45, 7) is 5.33. The summed E-state index contributed by atoms with van der Waals surface area (Å²) in [6.07, 6.45) is 0.543. The molecule has 1 aromatic rings. The van der Waals surface area contributed by atoms with Crippen LogP contribution in [-0.2, 0) is 11.2 Å². The molecule has 4 heteroatoms. The third kappa shape index (κ3) is 3.24. The molecule has 0 radical (unpaired) electrons. The lowest BCUT2D eigenvalue weighted by molar-refractivity contribution is -0.133. The van der Waals surface area contributed by atoms with E-state index in [-0.39, 0.29) is 17.2 Å². The molecule has 0 aliphatic heterocycles. The highest BCUT2D eigenvalue weighted by molar-refractivity contribution is 5.86. The lowest BCUT2D eigenvalue weighted by atomic mass is 9.94. The van der Waals surface area contributed by atoms with E-state index in [1.807, 2.05) is 0 Å². The Morgan fingerprint density at radius 1 is 1.53 bits per heavy atom. The van der Waals surface area contributed by atoms with Crippen LogP contribution in [-0.4, -0.2) is 23.3 Å². The molecule has 0 amide bonds. The normalized spacial score (nSPS) is 11.9. The molecule has 92 valence electrons. The second-order valence-corrected chi connectivity index (χ2v) is 3.94. The Morgan fingerprint density at radius 3 is 2.71 bits per heavy atom. The predicted molar refractivity (Wildman–Crippen MR) is 64.3 cm³/mol. The highest BCUT2D eigenvalue weighted by atomic mass is 16.5. The molecule has 1 atom stereocenters. The van der Waals surface area contributed by atoms with E-state index < -0.39 is 5.97 Å². The average Bonchev–Trinajstić information content (AvgIpc) is 2.30. The Balaban J connectivity index is 2.82. The van der Waals surface area contributed by atoms with Gasteiger partial charge in [0.15, 0.2) is 11.5 Å². The summed E-state index contributed by atoms with van der Waals surface area (Å²) in [6, 6.07) is 4.97. The van der Waals surface area contributed by atoms with E-state index in [1.54, 1.807) is 19.1 Å². The molecule has 17 heavy (non-hydrogen) atoms. The van der Waals surface area contributed by atoms with Gasteiger partial charge in [-0.3, -0.25) is 0 Å². The molecule has 0 saturated carbocycles. The smallest absolute Gasteiger partial charge is 0.331 e. The summed E-state index contributed by atoms with van der Waals surface area (Å²) >= 11 is 0. The van der Waals surface area contributed by atoms with Gasteiger partial charge in [-0.05, 0) is 30.0 Å².